The molecule has 1 aromatic heterocycles. The average molecular weight is 494 g/mol. The monoisotopic (exact) mass is 493 g/mol. The molecule has 1 aliphatic heterocycles. The predicted octanol–water partition coefficient (Wildman–Crippen LogP) is 3.02. The second-order valence-electron chi connectivity index (χ2n) is 8.69. The van der Waals surface area contributed by atoms with Crippen LogP contribution in [0, 0.1) is 6.92 Å². The average Bonchev–Trinajstić information content (AvgIpc) is 3.50. The number of anilines is 2. The third-order valence-corrected chi connectivity index (χ3v) is 7.35. The summed E-state index contributed by atoms with van der Waals surface area (Å²) in [6.45, 7) is 3.71. The van der Waals surface area contributed by atoms with Gasteiger partial charge >= 0.3 is 0 Å². The number of rotatable bonds is 10. The minimum Gasteiger partial charge on any atom is -0.387 e. The summed E-state index contributed by atoms with van der Waals surface area (Å²) in [6.07, 6.45) is 1.90. The third-order valence-electron chi connectivity index (χ3n) is 6.14. The number of hydrogen-bond acceptors (Lipinski definition) is 7. The number of nitrogens with two attached hydrogens (primary N) is 1. The third kappa shape index (κ3) is 6.25. The van der Waals surface area contributed by atoms with Gasteiger partial charge in [-0.1, -0.05) is 53.8 Å². The van der Waals surface area contributed by atoms with Gasteiger partial charge in [0.05, 0.1) is 11.8 Å². The van der Waals surface area contributed by atoms with Crippen LogP contribution in [0.5, 0.6) is 0 Å². The van der Waals surface area contributed by atoms with Crippen LogP contribution in [-0.2, 0) is 11.2 Å². The minimum absolute atomic E-state index is 0.0831. The van der Waals surface area contributed by atoms with Crippen molar-refractivity contribution in [2.75, 3.05) is 29.9 Å². The molecule has 2 heterocycles. The van der Waals surface area contributed by atoms with E-state index in [1.807, 2.05) is 59.5 Å². The van der Waals surface area contributed by atoms with Gasteiger partial charge < -0.3 is 26.4 Å². The van der Waals surface area contributed by atoms with E-state index in [9.17, 15) is 14.7 Å². The van der Waals surface area contributed by atoms with Crippen molar-refractivity contribution < 1.29 is 14.7 Å². The van der Waals surface area contributed by atoms with E-state index in [2.05, 4.69) is 15.6 Å². The zero-order chi connectivity index (χ0) is 24.8. The Morgan fingerprint density at radius 2 is 1.94 bits per heavy atom. The van der Waals surface area contributed by atoms with E-state index in [0.717, 1.165) is 42.6 Å². The molecule has 0 unspecified atom stereocenters. The van der Waals surface area contributed by atoms with Gasteiger partial charge in [0.25, 0.3) is 5.91 Å². The number of benzene rings is 2. The number of hydrogen-bond donors (Lipinski definition) is 4. The molecule has 1 fully saturated rings. The van der Waals surface area contributed by atoms with Gasteiger partial charge in [-0.25, -0.2) is 4.98 Å². The summed E-state index contributed by atoms with van der Waals surface area (Å²) in [5, 5.41) is 17.2. The fourth-order valence-corrected chi connectivity index (χ4v) is 5.24. The Labute approximate surface area is 209 Å². The smallest absolute Gasteiger partial charge is 0.260 e. The maximum atomic E-state index is 13.0. The van der Waals surface area contributed by atoms with E-state index in [0.29, 0.717) is 28.8 Å². The lowest BCUT2D eigenvalue weighted by Gasteiger charge is -2.23. The molecule has 8 nitrogen and oxygen atoms in total. The molecule has 0 spiro atoms. The van der Waals surface area contributed by atoms with Gasteiger partial charge in [0, 0.05) is 18.8 Å². The summed E-state index contributed by atoms with van der Waals surface area (Å²) in [5.41, 5.74) is 8.82. The molecule has 1 saturated heterocycles. The first-order chi connectivity index (χ1) is 16.9. The summed E-state index contributed by atoms with van der Waals surface area (Å²) in [5.74, 6) is -0.575. The highest BCUT2D eigenvalue weighted by molar-refractivity contribution is 7.17. The number of amides is 2. The molecule has 0 bridgehead atoms. The van der Waals surface area contributed by atoms with Gasteiger partial charge in [-0.05, 0) is 56.0 Å². The van der Waals surface area contributed by atoms with E-state index < -0.39 is 12.0 Å². The Morgan fingerprint density at radius 1 is 1.20 bits per heavy atom. The van der Waals surface area contributed by atoms with E-state index >= 15 is 0 Å². The van der Waals surface area contributed by atoms with Crippen LogP contribution < -0.4 is 21.3 Å². The second-order valence-corrected chi connectivity index (χ2v) is 9.67. The van der Waals surface area contributed by atoms with Gasteiger partial charge in [0.2, 0.25) is 5.91 Å². The molecule has 5 N–H and O–H groups in total. The molecule has 35 heavy (non-hydrogen) atoms. The zero-order valence-corrected chi connectivity index (χ0v) is 20.6. The molecule has 0 radical (unpaired) electrons. The van der Waals surface area contributed by atoms with E-state index in [4.69, 9.17) is 5.73 Å². The Bertz CT molecular complexity index is 1150. The van der Waals surface area contributed by atoms with Crippen LogP contribution in [0.3, 0.4) is 0 Å². The number of carbonyl (C=O) groups excluding carboxylic acids is 2. The van der Waals surface area contributed by atoms with Crippen LogP contribution in [0.15, 0.2) is 54.6 Å². The number of aliphatic hydroxyl groups excluding tert-OH is 1. The molecular formula is C26H31N5O3S. The van der Waals surface area contributed by atoms with Crippen LogP contribution >= 0.6 is 11.3 Å². The summed E-state index contributed by atoms with van der Waals surface area (Å²) < 4.78 is 0. The van der Waals surface area contributed by atoms with Crippen LogP contribution in [0.4, 0.5) is 10.8 Å². The zero-order valence-electron chi connectivity index (χ0n) is 19.7. The number of thiazole rings is 1. The van der Waals surface area contributed by atoms with Gasteiger partial charge in [0.15, 0.2) is 5.13 Å². The largest absolute Gasteiger partial charge is 0.387 e. The Balaban J connectivity index is 1.27. The van der Waals surface area contributed by atoms with Crippen molar-refractivity contribution >= 4 is 34.0 Å². The minimum atomic E-state index is -0.528. The first-order valence-corrected chi connectivity index (χ1v) is 12.6. The predicted molar refractivity (Wildman–Crippen MR) is 139 cm³/mol. The number of carbonyl (C=O) groups is 2. The van der Waals surface area contributed by atoms with Crippen molar-refractivity contribution in [1.82, 2.24) is 10.3 Å². The Morgan fingerprint density at radius 3 is 2.63 bits per heavy atom. The molecule has 9 heteroatoms. The summed E-state index contributed by atoms with van der Waals surface area (Å²) in [6, 6.07) is 17.1. The summed E-state index contributed by atoms with van der Waals surface area (Å²) in [7, 11) is 0. The van der Waals surface area contributed by atoms with Crippen LogP contribution in [-0.4, -0.2) is 47.6 Å². The van der Waals surface area contributed by atoms with Crippen LogP contribution in [0.25, 0.3) is 0 Å². The lowest BCUT2D eigenvalue weighted by molar-refractivity contribution is -0.117. The summed E-state index contributed by atoms with van der Waals surface area (Å²) >= 11 is 1.24. The molecule has 2 aromatic carbocycles. The fourth-order valence-electron chi connectivity index (χ4n) is 4.25. The molecule has 4 rings (SSSR count). The van der Waals surface area contributed by atoms with Gasteiger partial charge in [-0.15, -0.1) is 0 Å². The molecule has 0 saturated carbocycles. The van der Waals surface area contributed by atoms with Gasteiger partial charge in [-0.3, -0.25) is 9.59 Å². The standard InChI is InChI=1S/C26H31N5O3S/c1-17-23(24(27)33)35-26(29-17)31-15-5-8-21(31)25(34)30-20-11-9-18(10-12-20)13-14-28-16-22(32)19-6-3-2-4-7-19/h2-4,6-7,9-12,21-22,28,32H,5,8,13-16H2,1H3,(H2,27,33)(H,30,34)/t21-,22-/m0/s1. The lowest BCUT2D eigenvalue weighted by Crippen LogP contribution is -2.39. The molecular weight excluding hydrogens is 462 g/mol. The molecule has 1 aliphatic rings. The first kappa shape index (κ1) is 24.8. The van der Waals surface area contributed by atoms with E-state index in [1.54, 1.807) is 6.92 Å². The van der Waals surface area contributed by atoms with Crippen LogP contribution in [0.2, 0.25) is 0 Å². The van der Waals surface area contributed by atoms with E-state index in [1.165, 1.54) is 11.3 Å². The maximum absolute atomic E-state index is 13.0. The second kappa shape index (κ2) is 11.4. The van der Waals surface area contributed by atoms with E-state index in [-0.39, 0.29) is 11.9 Å². The van der Waals surface area contributed by atoms with Crippen LogP contribution in [0.1, 0.15) is 45.4 Å². The number of aromatic nitrogens is 1. The molecule has 0 aliphatic carbocycles. The van der Waals surface area contributed by atoms with Crippen molar-refractivity contribution in [2.24, 2.45) is 5.73 Å². The Kier molecular flexibility index (Phi) is 8.12. The SMILES string of the molecule is Cc1nc(N2CCC[C@H]2C(=O)Nc2ccc(CCNC[C@H](O)c3ccccc3)cc2)sc1C(N)=O. The molecule has 3 aromatic rings. The highest BCUT2D eigenvalue weighted by Crippen LogP contribution is 2.32. The maximum Gasteiger partial charge on any atom is 0.260 e. The lowest BCUT2D eigenvalue weighted by atomic mass is 10.1. The quantitative estimate of drug-likeness (QED) is 0.322. The topological polar surface area (TPSA) is 121 Å². The number of aliphatic hydroxyl groups is 1. The number of nitrogens with zero attached hydrogens (tertiary/aromatic N) is 2. The highest BCUT2D eigenvalue weighted by Gasteiger charge is 2.33. The number of aryl methyl sites for hydroxylation is 1. The molecule has 2 amide bonds. The van der Waals surface area contributed by atoms with Crippen molar-refractivity contribution in [1.29, 1.82) is 0 Å². The molecule has 2 atom stereocenters. The van der Waals surface area contributed by atoms with Crippen molar-refractivity contribution in [2.45, 2.75) is 38.3 Å². The normalized spacial score (nSPS) is 16.3. The van der Waals surface area contributed by atoms with Crippen molar-refractivity contribution in [3.05, 3.63) is 76.3 Å². The van der Waals surface area contributed by atoms with Gasteiger partial charge in [-0.2, -0.15) is 0 Å². The fraction of sp³-hybridized carbons (Fsp3) is 0.346. The van der Waals surface area contributed by atoms with Gasteiger partial charge in [0.1, 0.15) is 10.9 Å². The van der Waals surface area contributed by atoms with Crippen molar-refractivity contribution in [3.8, 4) is 0 Å². The summed E-state index contributed by atoms with van der Waals surface area (Å²) in [4.78, 5) is 31.5. The number of nitrogens with one attached hydrogen (secondary N) is 2. The number of primary amides is 1. The highest BCUT2D eigenvalue weighted by atomic mass is 32.1. The van der Waals surface area contributed by atoms with Crippen molar-refractivity contribution in [3.63, 3.8) is 0 Å². The first-order valence-electron chi connectivity index (χ1n) is 11.8. The Hall–Kier alpha value is -3.27. The molecule has 184 valence electrons.